The second-order valence-electron chi connectivity index (χ2n) is 5.60. The summed E-state index contributed by atoms with van der Waals surface area (Å²) >= 11 is 0. The van der Waals surface area contributed by atoms with Crippen molar-refractivity contribution in [2.45, 2.75) is 4.90 Å². The number of rotatable bonds is 3. The summed E-state index contributed by atoms with van der Waals surface area (Å²) in [6.45, 7) is 0. The van der Waals surface area contributed by atoms with Crippen molar-refractivity contribution < 1.29 is 13.2 Å². The van der Waals surface area contributed by atoms with Crippen molar-refractivity contribution in [2.75, 3.05) is 4.31 Å². The fourth-order valence-corrected chi connectivity index (χ4v) is 4.24. The number of carbonyl (C=O) groups is 1. The fraction of sp³-hybridized carbons (Fsp3) is 0. The highest BCUT2D eigenvalue weighted by Gasteiger charge is 2.41. The lowest BCUT2D eigenvalue weighted by atomic mass is 10.1. The summed E-state index contributed by atoms with van der Waals surface area (Å²) in [5, 5.41) is 0. The summed E-state index contributed by atoms with van der Waals surface area (Å²) < 4.78 is 27.4. The Hall–Kier alpha value is -3.32. The Morgan fingerprint density at radius 3 is 2.42 bits per heavy atom. The van der Waals surface area contributed by atoms with Crippen LogP contribution >= 0.6 is 0 Å². The van der Waals surface area contributed by atoms with Crippen LogP contribution in [0.25, 0.3) is 6.08 Å². The molecule has 0 amide bonds. The number of ketones is 1. The van der Waals surface area contributed by atoms with Crippen molar-refractivity contribution in [1.29, 1.82) is 0 Å². The van der Waals surface area contributed by atoms with Crippen LogP contribution < -0.4 is 4.31 Å². The number of sulfonamides is 1. The number of allylic oxidation sites excluding steroid dienone is 1. The Kier molecular flexibility index (Phi) is 3.85. The van der Waals surface area contributed by atoms with E-state index in [9.17, 15) is 13.2 Å². The third kappa shape index (κ3) is 2.58. The van der Waals surface area contributed by atoms with Gasteiger partial charge in [-0.15, -0.1) is 0 Å². The van der Waals surface area contributed by atoms with Crippen molar-refractivity contribution in [3.05, 3.63) is 90.0 Å². The quantitative estimate of drug-likeness (QED) is 0.669. The lowest BCUT2D eigenvalue weighted by Gasteiger charge is -2.19. The maximum absolute atomic E-state index is 13.2. The van der Waals surface area contributed by atoms with Gasteiger partial charge in [-0.2, -0.15) is 0 Å². The predicted molar refractivity (Wildman–Crippen MR) is 96.9 cm³/mol. The first kappa shape index (κ1) is 16.2. The molecule has 0 fully saturated rings. The molecule has 6 nitrogen and oxygen atoms in total. The van der Waals surface area contributed by atoms with Crippen LogP contribution in [0.1, 0.15) is 15.9 Å². The van der Waals surface area contributed by atoms with E-state index < -0.39 is 15.8 Å². The monoisotopic (exact) mass is 363 g/mol. The molecule has 0 bridgehead atoms. The third-order valence-corrected chi connectivity index (χ3v) is 5.66. The summed E-state index contributed by atoms with van der Waals surface area (Å²) in [5.41, 5.74) is 0.898. The minimum Gasteiger partial charge on any atom is -0.287 e. The number of hydrogen-bond donors (Lipinski definition) is 0. The van der Waals surface area contributed by atoms with Gasteiger partial charge in [-0.1, -0.05) is 24.3 Å². The Bertz CT molecular complexity index is 1110. The summed E-state index contributed by atoms with van der Waals surface area (Å²) in [6.07, 6.45) is 6.14. The zero-order chi connectivity index (χ0) is 18.1. The minimum atomic E-state index is -3.99. The molecule has 2 aromatic heterocycles. The van der Waals surface area contributed by atoms with Crippen LogP contribution in [-0.4, -0.2) is 24.2 Å². The molecule has 0 N–H and O–H groups in total. The standard InChI is InChI=1S/C19H13N3O3S/c23-18-16-9-5-11-21-19(16)22(17(18)12-14-6-4-10-20-13-14)26(24,25)15-7-2-1-3-8-15/h1-13H/b17-12+. The highest BCUT2D eigenvalue weighted by Crippen LogP contribution is 2.37. The molecule has 0 unspecified atom stereocenters. The van der Waals surface area contributed by atoms with Gasteiger partial charge in [0.1, 0.15) is 5.70 Å². The molecule has 0 saturated heterocycles. The van der Waals surface area contributed by atoms with Crippen LogP contribution in [0.15, 0.2) is 83.8 Å². The number of aromatic nitrogens is 2. The van der Waals surface area contributed by atoms with E-state index >= 15 is 0 Å². The number of nitrogens with zero attached hydrogens (tertiary/aromatic N) is 3. The van der Waals surface area contributed by atoms with E-state index in [-0.39, 0.29) is 22.0 Å². The molecule has 3 aromatic rings. The maximum Gasteiger partial charge on any atom is 0.270 e. The van der Waals surface area contributed by atoms with E-state index in [0.29, 0.717) is 5.56 Å². The molecule has 7 heteroatoms. The van der Waals surface area contributed by atoms with E-state index in [2.05, 4.69) is 9.97 Å². The lowest BCUT2D eigenvalue weighted by Crippen LogP contribution is -2.29. The second-order valence-corrected chi connectivity index (χ2v) is 7.39. The molecular weight excluding hydrogens is 350 g/mol. The molecular formula is C19H13N3O3S. The van der Waals surface area contributed by atoms with Crippen molar-refractivity contribution in [1.82, 2.24) is 9.97 Å². The van der Waals surface area contributed by atoms with Gasteiger partial charge in [-0.05, 0) is 42.0 Å². The number of Topliss-reactive ketones (excluding diaryl/α,β-unsaturated/α-hetero) is 1. The van der Waals surface area contributed by atoms with Gasteiger partial charge in [-0.3, -0.25) is 9.78 Å². The van der Waals surface area contributed by atoms with Crippen LogP contribution in [0.3, 0.4) is 0 Å². The molecule has 1 aromatic carbocycles. The van der Waals surface area contributed by atoms with Gasteiger partial charge < -0.3 is 0 Å². The number of fused-ring (bicyclic) bond motifs is 1. The Balaban J connectivity index is 1.94. The number of hydrogen-bond acceptors (Lipinski definition) is 5. The van der Waals surface area contributed by atoms with E-state index in [0.717, 1.165) is 4.31 Å². The normalized spacial score (nSPS) is 15.3. The molecule has 0 atom stereocenters. The minimum absolute atomic E-state index is 0.0237. The summed E-state index contributed by atoms with van der Waals surface area (Å²) in [6, 6.07) is 14.6. The molecule has 0 aliphatic carbocycles. The van der Waals surface area contributed by atoms with Crippen molar-refractivity contribution in [2.24, 2.45) is 0 Å². The third-order valence-electron chi connectivity index (χ3n) is 3.94. The highest BCUT2D eigenvalue weighted by atomic mass is 32.2. The number of benzene rings is 1. The first-order valence-corrected chi connectivity index (χ1v) is 9.25. The smallest absolute Gasteiger partial charge is 0.270 e. The Labute approximate surface area is 150 Å². The van der Waals surface area contributed by atoms with Gasteiger partial charge in [0.05, 0.1) is 10.5 Å². The van der Waals surface area contributed by atoms with Crippen molar-refractivity contribution in [3.63, 3.8) is 0 Å². The second kappa shape index (κ2) is 6.20. The molecule has 128 valence electrons. The number of anilines is 1. The van der Waals surface area contributed by atoms with Crippen LogP contribution in [0.4, 0.5) is 5.82 Å². The molecule has 26 heavy (non-hydrogen) atoms. The topological polar surface area (TPSA) is 80.2 Å². The lowest BCUT2D eigenvalue weighted by molar-refractivity contribution is 0.104. The molecule has 0 spiro atoms. The van der Waals surface area contributed by atoms with Gasteiger partial charge in [0.25, 0.3) is 10.0 Å². The molecule has 0 saturated carbocycles. The summed E-state index contributed by atoms with van der Waals surface area (Å²) in [5.74, 6) is -0.284. The summed E-state index contributed by atoms with van der Waals surface area (Å²) in [7, 11) is -3.99. The van der Waals surface area contributed by atoms with Crippen LogP contribution in [0.2, 0.25) is 0 Å². The van der Waals surface area contributed by atoms with E-state index in [4.69, 9.17) is 0 Å². The van der Waals surface area contributed by atoms with Crippen molar-refractivity contribution in [3.8, 4) is 0 Å². The molecule has 4 rings (SSSR count). The van der Waals surface area contributed by atoms with Gasteiger partial charge in [0, 0.05) is 18.6 Å². The average Bonchev–Trinajstić information content (AvgIpc) is 2.96. The molecule has 1 aliphatic heterocycles. The van der Waals surface area contributed by atoms with Gasteiger partial charge in [-0.25, -0.2) is 17.7 Å². The zero-order valence-corrected chi connectivity index (χ0v) is 14.3. The van der Waals surface area contributed by atoms with Gasteiger partial charge >= 0.3 is 0 Å². The van der Waals surface area contributed by atoms with Crippen LogP contribution in [-0.2, 0) is 10.0 Å². The maximum atomic E-state index is 13.2. The van der Waals surface area contributed by atoms with Crippen molar-refractivity contribution >= 4 is 27.7 Å². The average molecular weight is 363 g/mol. The number of carbonyl (C=O) groups excluding carboxylic acids is 1. The first-order chi connectivity index (χ1) is 12.6. The van der Waals surface area contributed by atoms with E-state index in [1.807, 2.05) is 0 Å². The molecule has 3 heterocycles. The van der Waals surface area contributed by atoms with Crippen LogP contribution in [0, 0.1) is 0 Å². The SMILES string of the molecule is O=C1/C(=C\c2cccnc2)N(S(=O)(=O)c2ccccc2)c2ncccc21. The Morgan fingerprint density at radius 2 is 1.69 bits per heavy atom. The van der Waals surface area contributed by atoms with E-state index in [1.54, 1.807) is 54.9 Å². The van der Waals surface area contributed by atoms with Gasteiger partial charge in [0.2, 0.25) is 5.78 Å². The molecule has 1 aliphatic rings. The largest absolute Gasteiger partial charge is 0.287 e. The predicted octanol–water partition coefficient (Wildman–Crippen LogP) is 2.91. The van der Waals surface area contributed by atoms with Gasteiger partial charge in [0.15, 0.2) is 5.82 Å². The number of pyridine rings is 2. The zero-order valence-electron chi connectivity index (χ0n) is 13.5. The van der Waals surface area contributed by atoms with E-state index in [1.165, 1.54) is 24.4 Å². The summed E-state index contributed by atoms with van der Waals surface area (Å²) in [4.78, 5) is 21.1. The Morgan fingerprint density at radius 1 is 0.923 bits per heavy atom. The molecule has 0 radical (unpaired) electrons. The van der Waals surface area contributed by atoms with Crippen LogP contribution in [0.5, 0.6) is 0 Å². The highest BCUT2D eigenvalue weighted by molar-refractivity contribution is 7.93. The first-order valence-electron chi connectivity index (χ1n) is 7.81. The fourth-order valence-electron chi connectivity index (χ4n) is 2.76.